The summed E-state index contributed by atoms with van der Waals surface area (Å²) in [6.45, 7) is 3.56. The smallest absolute Gasteiger partial charge is 0.252 e. The van der Waals surface area contributed by atoms with Crippen LogP contribution in [0.3, 0.4) is 0 Å². The molecule has 6 nitrogen and oxygen atoms in total. The fourth-order valence-corrected chi connectivity index (χ4v) is 1.35. The van der Waals surface area contributed by atoms with E-state index in [2.05, 4.69) is 15.1 Å². The summed E-state index contributed by atoms with van der Waals surface area (Å²) >= 11 is 0. The average Bonchev–Trinajstić information content (AvgIpc) is 2.43. The van der Waals surface area contributed by atoms with Crippen LogP contribution in [0.15, 0.2) is 16.9 Å². The second-order valence-electron chi connectivity index (χ2n) is 3.33. The fourth-order valence-electron chi connectivity index (χ4n) is 1.35. The second kappa shape index (κ2) is 4.36. The lowest BCUT2D eigenvalue weighted by Gasteiger charge is -2.02. The van der Waals surface area contributed by atoms with Crippen molar-refractivity contribution < 1.29 is 0 Å². The zero-order chi connectivity index (χ0) is 11.0. The molecule has 0 bridgehead atoms. The lowest BCUT2D eigenvalue weighted by molar-refractivity contribution is 0.792. The first-order valence-corrected chi connectivity index (χ1v) is 4.47. The predicted octanol–water partition coefficient (Wildman–Crippen LogP) is 0.576. The van der Waals surface area contributed by atoms with Gasteiger partial charge in [0.1, 0.15) is 5.82 Å². The average molecular weight is 242 g/mol. The molecule has 0 saturated carbocycles. The number of halogens is 1. The molecule has 0 aromatic carbocycles. The van der Waals surface area contributed by atoms with Gasteiger partial charge in [-0.05, 0) is 13.8 Å². The molecular formula is C9H12ClN5O. The van der Waals surface area contributed by atoms with Crippen LogP contribution in [0.5, 0.6) is 0 Å². The summed E-state index contributed by atoms with van der Waals surface area (Å²) in [5.41, 5.74) is 6.90. The number of rotatable bonds is 1. The number of nitrogen functional groups attached to an aromatic ring is 1. The summed E-state index contributed by atoms with van der Waals surface area (Å²) < 4.78 is 1.41. The van der Waals surface area contributed by atoms with E-state index in [1.54, 1.807) is 13.0 Å². The number of hydrogen-bond donors (Lipinski definition) is 2. The normalized spacial score (nSPS) is 9.88. The first-order chi connectivity index (χ1) is 7.06. The van der Waals surface area contributed by atoms with Gasteiger partial charge in [0.15, 0.2) is 0 Å². The zero-order valence-corrected chi connectivity index (χ0v) is 9.71. The maximum absolute atomic E-state index is 11.2. The van der Waals surface area contributed by atoms with Crippen molar-refractivity contribution in [3.05, 3.63) is 33.9 Å². The number of nitrogens with zero attached hydrogens (tertiary/aromatic N) is 3. The van der Waals surface area contributed by atoms with E-state index in [1.165, 1.54) is 10.7 Å². The van der Waals surface area contributed by atoms with E-state index in [0.717, 1.165) is 5.69 Å². The van der Waals surface area contributed by atoms with E-state index in [1.807, 2.05) is 6.92 Å². The maximum atomic E-state index is 11.2. The Bertz CT molecular complexity index is 559. The molecule has 0 atom stereocenters. The SMILES string of the molecule is Cc1cc(=O)[nH]c(-n2nc(C)cc2N)n1.Cl. The molecule has 86 valence electrons. The van der Waals surface area contributed by atoms with Crippen molar-refractivity contribution >= 4 is 18.2 Å². The van der Waals surface area contributed by atoms with Crippen molar-refractivity contribution in [1.82, 2.24) is 19.7 Å². The standard InChI is InChI=1S/C9H11N5O.ClH/c1-5-4-8(15)12-9(11-5)14-7(10)3-6(2)13-14;/h3-4H,10H2,1-2H3,(H,11,12,15);1H. The molecule has 0 radical (unpaired) electrons. The molecule has 2 aromatic heterocycles. The Morgan fingerprint density at radius 2 is 2.00 bits per heavy atom. The molecular weight excluding hydrogens is 230 g/mol. The van der Waals surface area contributed by atoms with Crippen LogP contribution in [0.1, 0.15) is 11.4 Å². The largest absolute Gasteiger partial charge is 0.383 e. The predicted molar refractivity (Wildman–Crippen MR) is 63.1 cm³/mol. The molecule has 7 heteroatoms. The molecule has 2 rings (SSSR count). The Morgan fingerprint density at radius 1 is 1.31 bits per heavy atom. The van der Waals surface area contributed by atoms with E-state index in [9.17, 15) is 4.79 Å². The Kier molecular flexibility index (Phi) is 3.34. The zero-order valence-electron chi connectivity index (χ0n) is 8.89. The van der Waals surface area contributed by atoms with Crippen LogP contribution in [0.25, 0.3) is 5.95 Å². The third-order valence-electron chi connectivity index (χ3n) is 1.92. The quantitative estimate of drug-likeness (QED) is 0.764. The third-order valence-corrected chi connectivity index (χ3v) is 1.92. The molecule has 16 heavy (non-hydrogen) atoms. The highest BCUT2D eigenvalue weighted by Gasteiger charge is 2.06. The van der Waals surface area contributed by atoms with Gasteiger partial charge in [0, 0.05) is 17.8 Å². The minimum Gasteiger partial charge on any atom is -0.383 e. The summed E-state index contributed by atoms with van der Waals surface area (Å²) in [5, 5.41) is 4.12. The van der Waals surface area contributed by atoms with Crippen LogP contribution in [-0.4, -0.2) is 19.7 Å². The highest BCUT2D eigenvalue weighted by Crippen LogP contribution is 2.09. The molecule has 0 aliphatic carbocycles. The first-order valence-electron chi connectivity index (χ1n) is 4.47. The fraction of sp³-hybridized carbons (Fsp3) is 0.222. The van der Waals surface area contributed by atoms with Crippen LogP contribution in [-0.2, 0) is 0 Å². The number of aryl methyl sites for hydroxylation is 2. The van der Waals surface area contributed by atoms with Gasteiger partial charge in [-0.2, -0.15) is 9.78 Å². The van der Waals surface area contributed by atoms with Gasteiger partial charge in [0.25, 0.3) is 5.56 Å². The number of nitrogens with one attached hydrogen (secondary N) is 1. The first kappa shape index (κ1) is 12.3. The number of hydrogen-bond acceptors (Lipinski definition) is 4. The molecule has 3 N–H and O–H groups in total. The topological polar surface area (TPSA) is 89.6 Å². The second-order valence-corrected chi connectivity index (χ2v) is 3.33. The van der Waals surface area contributed by atoms with Crippen LogP contribution in [0.4, 0.5) is 5.82 Å². The summed E-state index contributed by atoms with van der Waals surface area (Å²) in [7, 11) is 0. The van der Waals surface area contributed by atoms with Crippen LogP contribution in [0.2, 0.25) is 0 Å². The Labute approximate surface area is 97.9 Å². The molecule has 0 fully saturated rings. The molecule has 0 aliphatic rings. The Hall–Kier alpha value is -1.82. The van der Waals surface area contributed by atoms with Gasteiger partial charge in [-0.1, -0.05) is 0 Å². The summed E-state index contributed by atoms with van der Waals surface area (Å²) in [4.78, 5) is 17.9. The third kappa shape index (κ3) is 2.22. The molecule has 0 saturated heterocycles. The van der Waals surface area contributed by atoms with Gasteiger partial charge < -0.3 is 5.73 Å². The van der Waals surface area contributed by atoms with Crippen LogP contribution in [0, 0.1) is 13.8 Å². The van der Waals surface area contributed by atoms with Crippen molar-refractivity contribution in [2.45, 2.75) is 13.8 Å². The number of nitrogens with two attached hydrogens (primary N) is 1. The van der Waals surface area contributed by atoms with Gasteiger partial charge in [0.2, 0.25) is 5.95 Å². The summed E-state index contributed by atoms with van der Waals surface area (Å²) in [5.74, 6) is 0.784. The van der Waals surface area contributed by atoms with Crippen molar-refractivity contribution in [3.8, 4) is 5.95 Å². The van der Waals surface area contributed by atoms with E-state index < -0.39 is 0 Å². The molecule has 0 amide bonds. The minimum absolute atomic E-state index is 0. The maximum Gasteiger partial charge on any atom is 0.252 e. The van der Waals surface area contributed by atoms with Crippen molar-refractivity contribution in [2.24, 2.45) is 0 Å². The van der Waals surface area contributed by atoms with E-state index >= 15 is 0 Å². The molecule has 0 aliphatic heterocycles. The Balaban J connectivity index is 0.00000128. The molecule has 2 aromatic rings. The summed E-state index contributed by atoms with van der Waals surface area (Å²) in [6.07, 6.45) is 0. The van der Waals surface area contributed by atoms with E-state index in [4.69, 9.17) is 5.73 Å². The van der Waals surface area contributed by atoms with Gasteiger partial charge in [0.05, 0.1) is 5.69 Å². The van der Waals surface area contributed by atoms with Gasteiger partial charge in [-0.15, -0.1) is 12.4 Å². The molecule has 0 unspecified atom stereocenters. The number of aromatic amines is 1. The van der Waals surface area contributed by atoms with Crippen molar-refractivity contribution in [1.29, 1.82) is 0 Å². The minimum atomic E-state index is -0.218. The highest BCUT2D eigenvalue weighted by atomic mass is 35.5. The van der Waals surface area contributed by atoms with Gasteiger partial charge >= 0.3 is 0 Å². The number of H-pyrrole nitrogens is 1. The van der Waals surface area contributed by atoms with Crippen LogP contribution < -0.4 is 11.3 Å². The lowest BCUT2D eigenvalue weighted by atomic mass is 10.4. The number of anilines is 1. The monoisotopic (exact) mass is 241 g/mol. The van der Waals surface area contributed by atoms with Crippen molar-refractivity contribution in [3.63, 3.8) is 0 Å². The van der Waals surface area contributed by atoms with Crippen LogP contribution >= 0.6 is 12.4 Å². The van der Waals surface area contributed by atoms with Crippen molar-refractivity contribution in [2.75, 3.05) is 5.73 Å². The van der Waals surface area contributed by atoms with E-state index in [0.29, 0.717) is 17.5 Å². The molecule has 0 spiro atoms. The highest BCUT2D eigenvalue weighted by molar-refractivity contribution is 5.85. The molecule has 2 heterocycles. The van der Waals surface area contributed by atoms with E-state index in [-0.39, 0.29) is 18.0 Å². The lowest BCUT2D eigenvalue weighted by Crippen LogP contribution is -2.15. The van der Waals surface area contributed by atoms with Gasteiger partial charge in [-0.3, -0.25) is 9.78 Å². The van der Waals surface area contributed by atoms with Gasteiger partial charge in [-0.25, -0.2) is 4.98 Å². The number of aromatic nitrogens is 4. The summed E-state index contributed by atoms with van der Waals surface area (Å²) in [6, 6.07) is 3.12. The Morgan fingerprint density at radius 3 is 2.50 bits per heavy atom.